The molecule has 0 aromatic rings. The quantitative estimate of drug-likeness (QED) is 0.574. The molecule has 0 aromatic carbocycles. The summed E-state index contributed by atoms with van der Waals surface area (Å²) in [6.07, 6.45) is 4.03. The highest BCUT2D eigenvalue weighted by Gasteiger charge is 2.04. The maximum atomic E-state index is 5.75. The Bertz CT molecular complexity index is 76.6. The van der Waals surface area contributed by atoms with Crippen molar-refractivity contribution in [2.75, 3.05) is 0 Å². The molecular formula is C8H17N. The molecule has 0 saturated heterocycles. The minimum absolute atomic E-state index is 0.350. The Kier molecular flexibility index (Phi) is 4.41. The molecule has 0 aliphatic carbocycles. The van der Waals surface area contributed by atoms with Gasteiger partial charge in [0.05, 0.1) is 0 Å². The summed E-state index contributed by atoms with van der Waals surface area (Å²) < 4.78 is 0. The Morgan fingerprint density at radius 1 is 1.56 bits per heavy atom. The van der Waals surface area contributed by atoms with E-state index in [4.69, 9.17) is 5.73 Å². The predicted octanol–water partition coefficient (Wildman–Crippen LogP) is 1.94. The van der Waals surface area contributed by atoms with Crippen LogP contribution in [0.4, 0.5) is 0 Å². The van der Waals surface area contributed by atoms with Gasteiger partial charge in [-0.15, -0.1) is 6.58 Å². The van der Waals surface area contributed by atoms with E-state index in [1.54, 1.807) is 0 Å². The molecule has 1 nitrogen and oxygen atoms in total. The molecule has 0 radical (unpaired) electrons. The van der Waals surface area contributed by atoms with Gasteiger partial charge in [0.2, 0.25) is 0 Å². The summed E-state index contributed by atoms with van der Waals surface area (Å²) in [6.45, 7) is 7.93. The molecule has 0 spiro atoms. The highest BCUT2D eigenvalue weighted by Crippen LogP contribution is 2.04. The monoisotopic (exact) mass is 127 g/mol. The zero-order chi connectivity index (χ0) is 7.28. The Morgan fingerprint density at radius 2 is 2.11 bits per heavy atom. The van der Waals surface area contributed by atoms with Crippen LogP contribution < -0.4 is 5.73 Å². The fourth-order valence-corrected chi connectivity index (χ4v) is 0.644. The summed E-state index contributed by atoms with van der Waals surface area (Å²) in [6, 6.07) is 0.350. The van der Waals surface area contributed by atoms with E-state index in [-0.39, 0.29) is 0 Å². The topological polar surface area (TPSA) is 26.0 Å². The summed E-state index contributed by atoms with van der Waals surface area (Å²) >= 11 is 0. The predicted molar refractivity (Wildman–Crippen MR) is 42.2 cm³/mol. The lowest BCUT2D eigenvalue weighted by Gasteiger charge is -2.13. The molecule has 1 atom stereocenters. The molecule has 1 heteroatoms. The molecule has 0 amide bonds. The minimum atomic E-state index is 0.350. The van der Waals surface area contributed by atoms with E-state index in [1.165, 1.54) is 0 Å². The zero-order valence-electron chi connectivity index (χ0n) is 6.43. The van der Waals surface area contributed by atoms with E-state index in [9.17, 15) is 0 Å². The van der Waals surface area contributed by atoms with Crippen molar-refractivity contribution in [3.63, 3.8) is 0 Å². The molecule has 9 heavy (non-hydrogen) atoms. The third-order valence-electron chi connectivity index (χ3n) is 1.56. The average Bonchev–Trinajstić information content (AvgIpc) is 1.82. The molecule has 0 aliphatic rings. The second-order valence-corrected chi connectivity index (χ2v) is 2.77. The van der Waals surface area contributed by atoms with Crippen LogP contribution in [0.2, 0.25) is 0 Å². The Labute approximate surface area is 57.9 Å². The fraction of sp³-hybridized carbons (Fsp3) is 0.750. The van der Waals surface area contributed by atoms with Crippen molar-refractivity contribution < 1.29 is 0 Å². The summed E-state index contributed by atoms with van der Waals surface area (Å²) in [5, 5.41) is 0. The standard InChI is InChI=1S/C8H17N/c1-4-5-6-8(9)7(2)3/h4,7-8H,1,5-6,9H2,2-3H3. The molecule has 0 aliphatic heterocycles. The zero-order valence-corrected chi connectivity index (χ0v) is 6.43. The lowest BCUT2D eigenvalue weighted by molar-refractivity contribution is 0.467. The Hall–Kier alpha value is -0.300. The largest absolute Gasteiger partial charge is 0.327 e. The maximum Gasteiger partial charge on any atom is 0.00648 e. The summed E-state index contributed by atoms with van der Waals surface area (Å²) in [4.78, 5) is 0. The molecule has 0 heterocycles. The molecule has 54 valence electrons. The Balaban J connectivity index is 3.26. The van der Waals surface area contributed by atoms with Crippen LogP contribution in [-0.2, 0) is 0 Å². The van der Waals surface area contributed by atoms with E-state index in [0.29, 0.717) is 12.0 Å². The average molecular weight is 127 g/mol. The van der Waals surface area contributed by atoms with Crippen LogP contribution in [0.5, 0.6) is 0 Å². The van der Waals surface area contributed by atoms with Crippen molar-refractivity contribution in [3.8, 4) is 0 Å². The van der Waals surface area contributed by atoms with Crippen molar-refractivity contribution in [2.24, 2.45) is 11.7 Å². The first-order valence-electron chi connectivity index (χ1n) is 3.55. The summed E-state index contributed by atoms with van der Waals surface area (Å²) in [7, 11) is 0. The van der Waals surface area contributed by atoms with Crippen molar-refractivity contribution in [1.82, 2.24) is 0 Å². The highest BCUT2D eigenvalue weighted by molar-refractivity contribution is 4.72. The fourth-order valence-electron chi connectivity index (χ4n) is 0.644. The normalized spacial score (nSPS) is 13.8. The van der Waals surface area contributed by atoms with Crippen molar-refractivity contribution in [3.05, 3.63) is 12.7 Å². The van der Waals surface area contributed by atoms with E-state index in [0.717, 1.165) is 12.8 Å². The molecule has 0 rings (SSSR count). The van der Waals surface area contributed by atoms with Crippen LogP contribution in [0.1, 0.15) is 26.7 Å². The molecule has 0 fully saturated rings. The van der Waals surface area contributed by atoms with Crippen LogP contribution >= 0.6 is 0 Å². The van der Waals surface area contributed by atoms with Gasteiger partial charge < -0.3 is 5.73 Å². The molecule has 2 N–H and O–H groups in total. The Morgan fingerprint density at radius 3 is 2.44 bits per heavy atom. The van der Waals surface area contributed by atoms with E-state index >= 15 is 0 Å². The lowest BCUT2D eigenvalue weighted by Crippen LogP contribution is -2.25. The van der Waals surface area contributed by atoms with Gasteiger partial charge in [0.15, 0.2) is 0 Å². The third kappa shape index (κ3) is 4.22. The molecule has 1 unspecified atom stereocenters. The van der Waals surface area contributed by atoms with Crippen molar-refractivity contribution >= 4 is 0 Å². The molecule has 0 aromatic heterocycles. The third-order valence-corrected chi connectivity index (χ3v) is 1.56. The molecule has 0 bridgehead atoms. The first kappa shape index (κ1) is 8.70. The first-order valence-corrected chi connectivity index (χ1v) is 3.55. The minimum Gasteiger partial charge on any atom is -0.327 e. The van der Waals surface area contributed by atoms with Crippen LogP contribution in [0.15, 0.2) is 12.7 Å². The molecule has 0 saturated carbocycles. The van der Waals surface area contributed by atoms with Crippen LogP contribution in [0.3, 0.4) is 0 Å². The van der Waals surface area contributed by atoms with E-state index < -0.39 is 0 Å². The van der Waals surface area contributed by atoms with E-state index in [1.807, 2.05) is 6.08 Å². The van der Waals surface area contributed by atoms with Gasteiger partial charge in [0.1, 0.15) is 0 Å². The number of hydrogen-bond donors (Lipinski definition) is 1. The van der Waals surface area contributed by atoms with Crippen LogP contribution in [-0.4, -0.2) is 6.04 Å². The SMILES string of the molecule is C=CCCC(N)C(C)C. The molecular weight excluding hydrogens is 110 g/mol. The van der Waals surface area contributed by atoms with E-state index in [2.05, 4.69) is 20.4 Å². The highest BCUT2D eigenvalue weighted by atomic mass is 14.6. The summed E-state index contributed by atoms with van der Waals surface area (Å²) in [5.74, 6) is 0.602. The second-order valence-electron chi connectivity index (χ2n) is 2.77. The van der Waals surface area contributed by atoms with Crippen molar-refractivity contribution in [2.45, 2.75) is 32.7 Å². The lowest BCUT2D eigenvalue weighted by atomic mass is 10.0. The first-order chi connectivity index (χ1) is 4.18. The van der Waals surface area contributed by atoms with Gasteiger partial charge in [-0.1, -0.05) is 19.9 Å². The van der Waals surface area contributed by atoms with Gasteiger partial charge in [0.25, 0.3) is 0 Å². The number of rotatable bonds is 4. The summed E-state index contributed by atoms with van der Waals surface area (Å²) in [5.41, 5.74) is 5.75. The number of nitrogens with two attached hydrogens (primary N) is 1. The maximum absolute atomic E-state index is 5.75. The van der Waals surface area contributed by atoms with Crippen LogP contribution in [0.25, 0.3) is 0 Å². The smallest absolute Gasteiger partial charge is 0.00648 e. The van der Waals surface area contributed by atoms with Gasteiger partial charge >= 0.3 is 0 Å². The number of hydrogen-bond acceptors (Lipinski definition) is 1. The van der Waals surface area contributed by atoms with Gasteiger partial charge in [-0.25, -0.2) is 0 Å². The number of allylic oxidation sites excluding steroid dienone is 1. The van der Waals surface area contributed by atoms with Gasteiger partial charge in [-0.05, 0) is 18.8 Å². The van der Waals surface area contributed by atoms with Gasteiger partial charge in [-0.3, -0.25) is 0 Å². The van der Waals surface area contributed by atoms with Crippen molar-refractivity contribution in [1.29, 1.82) is 0 Å². The van der Waals surface area contributed by atoms with Crippen LogP contribution in [0, 0.1) is 5.92 Å². The van der Waals surface area contributed by atoms with Gasteiger partial charge in [0, 0.05) is 6.04 Å². The second kappa shape index (κ2) is 4.57. The van der Waals surface area contributed by atoms with Gasteiger partial charge in [-0.2, -0.15) is 0 Å².